The van der Waals surface area contributed by atoms with Crippen molar-refractivity contribution in [1.29, 1.82) is 0 Å². The summed E-state index contributed by atoms with van der Waals surface area (Å²) in [4.78, 5) is 22.3. The van der Waals surface area contributed by atoms with E-state index in [4.69, 9.17) is 8.94 Å². The van der Waals surface area contributed by atoms with Crippen LogP contribution in [0.4, 0.5) is 5.69 Å². The van der Waals surface area contributed by atoms with E-state index in [-0.39, 0.29) is 5.91 Å². The van der Waals surface area contributed by atoms with Crippen molar-refractivity contribution in [3.63, 3.8) is 0 Å². The Hall–Kier alpha value is -3.45. The van der Waals surface area contributed by atoms with Gasteiger partial charge in [0.05, 0.1) is 0 Å². The van der Waals surface area contributed by atoms with Crippen molar-refractivity contribution in [3.8, 4) is 11.6 Å². The Bertz CT molecular complexity index is 1270. The van der Waals surface area contributed by atoms with Crippen molar-refractivity contribution in [2.45, 2.75) is 32.1 Å². The van der Waals surface area contributed by atoms with Crippen molar-refractivity contribution in [3.05, 3.63) is 66.1 Å². The summed E-state index contributed by atoms with van der Waals surface area (Å²) in [6, 6.07) is 18.0. The lowest BCUT2D eigenvalue weighted by molar-refractivity contribution is -0.118. The quantitative estimate of drug-likeness (QED) is 0.418. The predicted molar refractivity (Wildman–Crippen MR) is 129 cm³/mol. The van der Waals surface area contributed by atoms with E-state index in [0.717, 1.165) is 36.2 Å². The van der Waals surface area contributed by atoms with Gasteiger partial charge in [0.2, 0.25) is 17.6 Å². The number of anilines is 1. The first-order valence-electron chi connectivity index (χ1n) is 12.1. The average Bonchev–Trinajstić information content (AvgIpc) is 3.62. The van der Waals surface area contributed by atoms with Gasteiger partial charge in [-0.1, -0.05) is 41.6 Å². The molecule has 7 nitrogen and oxygen atoms in total. The molecule has 2 aromatic carbocycles. The van der Waals surface area contributed by atoms with Crippen molar-refractivity contribution < 1.29 is 13.7 Å². The summed E-state index contributed by atoms with van der Waals surface area (Å²) in [6.07, 6.45) is 4.33. The third-order valence-electron chi connectivity index (χ3n) is 6.91. The van der Waals surface area contributed by atoms with Crippen LogP contribution in [0.1, 0.15) is 30.7 Å². The molecule has 4 heterocycles. The van der Waals surface area contributed by atoms with Gasteiger partial charge in [-0.15, -0.1) is 0 Å². The minimum atomic E-state index is 0.0991. The van der Waals surface area contributed by atoms with Crippen LogP contribution < -0.4 is 4.90 Å². The van der Waals surface area contributed by atoms with Gasteiger partial charge in [0.15, 0.2) is 5.76 Å². The predicted octanol–water partition coefficient (Wildman–Crippen LogP) is 4.72. The first-order chi connectivity index (χ1) is 16.7. The molecule has 1 fully saturated rings. The van der Waals surface area contributed by atoms with Gasteiger partial charge in [0, 0.05) is 37.0 Å². The van der Waals surface area contributed by atoms with Crippen molar-refractivity contribution >= 4 is 22.6 Å². The number of aromatic nitrogens is 2. The van der Waals surface area contributed by atoms with Crippen molar-refractivity contribution in [2.75, 3.05) is 31.1 Å². The number of carbonyl (C=O) groups is 1. The summed E-state index contributed by atoms with van der Waals surface area (Å²) in [5, 5.41) is 5.06. The normalized spacial score (nSPS) is 18.5. The average molecular weight is 457 g/mol. The van der Waals surface area contributed by atoms with E-state index in [1.807, 2.05) is 41.3 Å². The first-order valence-corrected chi connectivity index (χ1v) is 12.1. The molecule has 0 aliphatic carbocycles. The number of carbonyl (C=O) groups excluding carboxylic acids is 1. The highest BCUT2D eigenvalue weighted by molar-refractivity contribution is 5.94. The fraction of sp³-hybridized carbons (Fsp3) is 0.370. The van der Waals surface area contributed by atoms with Gasteiger partial charge in [-0.3, -0.25) is 4.79 Å². The van der Waals surface area contributed by atoms with Gasteiger partial charge < -0.3 is 18.7 Å². The minimum Gasteiger partial charge on any atom is -0.453 e. The second kappa shape index (κ2) is 9.06. The third-order valence-corrected chi connectivity index (χ3v) is 6.91. The highest BCUT2D eigenvalue weighted by Gasteiger charge is 2.30. The maximum atomic E-state index is 13.3. The van der Waals surface area contributed by atoms with Crippen molar-refractivity contribution in [2.24, 2.45) is 5.92 Å². The number of fused-ring (bicyclic) bond motifs is 2. The molecule has 1 unspecified atom stereocenters. The SMILES string of the molecule is O=C(CCc1nc(-c2cc3ccccc3o2)no1)N1CC(CN2CCCC2)Cc2ccccc21. The molecule has 2 aliphatic heterocycles. The lowest BCUT2D eigenvalue weighted by Gasteiger charge is -2.36. The van der Waals surface area contributed by atoms with E-state index in [9.17, 15) is 4.79 Å². The number of para-hydroxylation sites is 2. The maximum Gasteiger partial charge on any atom is 0.238 e. The molecule has 0 bridgehead atoms. The number of nitrogens with zero attached hydrogens (tertiary/aromatic N) is 4. The zero-order valence-electron chi connectivity index (χ0n) is 19.2. The number of aryl methyl sites for hydroxylation is 1. The summed E-state index contributed by atoms with van der Waals surface area (Å²) >= 11 is 0. The van der Waals surface area contributed by atoms with E-state index in [2.05, 4.69) is 33.2 Å². The molecule has 34 heavy (non-hydrogen) atoms. The molecular weight excluding hydrogens is 428 g/mol. The fourth-order valence-electron chi connectivity index (χ4n) is 5.27. The van der Waals surface area contributed by atoms with Crippen LogP contribution >= 0.6 is 0 Å². The number of hydrogen-bond donors (Lipinski definition) is 0. The highest BCUT2D eigenvalue weighted by Crippen LogP contribution is 2.31. The number of furan rings is 1. The molecule has 0 spiro atoms. The largest absolute Gasteiger partial charge is 0.453 e. The van der Waals surface area contributed by atoms with Crippen LogP contribution in [-0.2, 0) is 17.6 Å². The zero-order valence-corrected chi connectivity index (χ0v) is 19.2. The van der Waals surface area contributed by atoms with Crippen LogP contribution in [0.3, 0.4) is 0 Å². The van der Waals surface area contributed by atoms with Gasteiger partial charge in [0.1, 0.15) is 5.58 Å². The summed E-state index contributed by atoms with van der Waals surface area (Å²) in [6.45, 7) is 4.18. The topological polar surface area (TPSA) is 75.6 Å². The fourth-order valence-corrected chi connectivity index (χ4v) is 5.27. The molecule has 1 atom stereocenters. The summed E-state index contributed by atoms with van der Waals surface area (Å²) in [5.41, 5.74) is 3.08. The lowest BCUT2D eigenvalue weighted by atomic mass is 9.91. The van der Waals surface area contributed by atoms with Crippen LogP contribution in [0.25, 0.3) is 22.6 Å². The zero-order chi connectivity index (χ0) is 22.9. The molecule has 2 aliphatic rings. The molecule has 0 saturated carbocycles. The molecule has 1 saturated heterocycles. The Morgan fingerprint density at radius 1 is 1.06 bits per heavy atom. The summed E-state index contributed by atoms with van der Waals surface area (Å²) in [7, 11) is 0. The van der Waals surface area contributed by atoms with E-state index >= 15 is 0 Å². The Kier molecular flexibility index (Phi) is 5.63. The lowest BCUT2D eigenvalue weighted by Crippen LogP contribution is -2.43. The molecule has 0 N–H and O–H groups in total. The molecular formula is C27H28N4O3. The molecule has 4 aromatic rings. The van der Waals surface area contributed by atoms with Gasteiger partial charge in [0.25, 0.3) is 0 Å². The second-order valence-electron chi connectivity index (χ2n) is 9.37. The van der Waals surface area contributed by atoms with Gasteiger partial charge in [-0.25, -0.2) is 0 Å². The van der Waals surface area contributed by atoms with Crippen LogP contribution in [-0.4, -0.2) is 47.1 Å². The van der Waals surface area contributed by atoms with E-state index in [1.165, 1.54) is 31.5 Å². The van der Waals surface area contributed by atoms with Crippen LogP contribution in [0, 0.1) is 5.92 Å². The van der Waals surface area contributed by atoms with E-state index in [0.29, 0.717) is 36.2 Å². The molecule has 1 amide bonds. The van der Waals surface area contributed by atoms with Gasteiger partial charge >= 0.3 is 0 Å². The standard InChI is InChI=1S/C27H28N4O3/c32-26(12-11-25-28-27(29-34-25)24-16-21-8-2-4-10-23(21)33-24)31-18-19(17-30-13-5-6-14-30)15-20-7-1-3-9-22(20)31/h1-4,7-10,16,19H,5-6,11-15,17-18H2. The Morgan fingerprint density at radius 3 is 2.76 bits per heavy atom. The number of likely N-dealkylation sites (tertiary alicyclic amines) is 1. The first kappa shape index (κ1) is 21.1. The number of amides is 1. The maximum absolute atomic E-state index is 13.3. The van der Waals surface area contributed by atoms with Crippen LogP contribution in [0.5, 0.6) is 0 Å². The molecule has 0 radical (unpaired) electrons. The summed E-state index contributed by atoms with van der Waals surface area (Å²) in [5.74, 6) is 1.98. The highest BCUT2D eigenvalue weighted by atomic mass is 16.5. The smallest absolute Gasteiger partial charge is 0.238 e. The van der Waals surface area contributed by atoms with Gasteiger partial charge in [-0.2, -0.15) is 4.98 Å². The minimum absolute atomic E-state index is 0.0991. The number of benzene rings is 2. The molecule has 7 heteroatoms. The van der Waals surface area contributed by atoms with Crippen LogP contribution in [0.15, 0.2) is 63.5 Å². The Morgan fingerprint density at radius 2 is 1.88 bits per heavy atom. The molecule has 2 aromatic heterocycles. The Labute approximate surface area is 198 Å². The molecule has 6 rings (SSSR count). The van der Waals surface area contributed by atoms with Crippen LogP contribution in [0.2, 0.25) is 0 Å². The second-order valence-corrected chi connectivity index (χ2v) is 9.37. The summed E-state index contributed by atoms with van der Waals surface area (Å²) < 4.78 is 11.3. The number of hydrogen-bond acceptors (Lipinski definition) is 6. The van der Waals surface area contributed by atoms with Gasteiger partial charge in [-0.05, 0) is 62.0 Å². The Balaban J connectivity index is 1.14. The van der Waals surface area contributed by atoms with E-state index < -0.39 is 0 Å². The monoisotopic (exact) mass is 456 g/mol. The molecule has 174 valence electrons. The van der Waals surface area contributed by atoms with Crippen molar-refractivity contribution in [1.82, 2.24) is 15.0 Å². The number of rotatable bonds is 6. The van der Waals surface area contributed by atoms with E-state index in [1.54, 1.807) is 0 Å². The third kappa shape index (κ3) is 4.23.